The van der Waals surface area contributed by atoms with Gasteiger partial charge in [-0.15, -0.1) is 0 Å². The average molecular weight is 385 g/mol. The molecule has 2 aliphatic rings. The first kappa shape index (κ1) is 18.1. The third-order valence-electron chi connectivity index (χ3n) is 4.77. The third kappa shape index (κ3) is 4.12. The van der Waals surface area contributed by atoms with Gasteiger partial charge in [0.15, 0.2) is 10.9 Å². The summed E-state index contributed by atoms with van der Waals surface area (Å²) in [5, 5.41) is 6.18. The van der Waals surface area contributed by atoms with E-state index in [4.69, 9.17) is 18.0 Å². The molecule has 2 fully saturated rings. The van der Waals surface area contributed by atoms with Crippen LogP contribution in [0.4, 0.5) is 11.8 Å². The number of fused-ring (bicyclic) bond motifs is 2. The lowest BCUT2D eigenvalue weighted by Crippen LogP contribution is -2.42. The van der Waals surface area contributed by atoms with Gasteiger partial charge in [0.25, 0.3) is 10.0 Å². The van der Waals surface area contributed by atoms with Crippen molar-refractivity contribution in [3.05, 3.63) is 6.20 Å². The van der Waals surface area contributed by atoms with Gasteiger partial charge in [0.1, 0.15) is 4.90 Å². The van der Waals surface area contributed by atoms with E-state index in [-0.39, 0.29) is 33.9 Å². The number of hydrogen-bond acceptors (Lipinski definition) is 7. The summed E-state index contributed by atoms with van der Waals surface area (Å²) in [6.07, 6.45) is 5.89. The van der Waals surface area contributed by atoms with Crippen molar-refractivity contribution in [2.75, 3.05) is 11.1 Å². The highest BCUT2D eigenvalue weighted by Crippen LogP contribution is 2.45. The molecule has 3 atom stereocenters. The van der Waals surface area contributed by atoms with Gasteiger partial charge in [-0.05, 0) is 57.2 Å². The second-order valence-electron chi connectivity index (χ2n) is 7.10. The van der Waals surface area contributed by atoms with Gasteiger partial charge >= 0.3 is 0 Å². The van der Waals surface area contributed by atoms with Crippen LogP contribution in [0.25, 0.3) is 0 Å². The van der Waals surface area contributed by atoms with Crippen LogP contribution in [-0.4, -0.2) is 35.6 Å². The molecule has 5 N–H and O–H groups in total. The lowest BCUT2D eigenvalue weighted by atomic mass is 9.95. The molecular weight excluding hydrogens is 360 g/mol. The smallest absolute Gasteiger partial charge is 0.268 e. The first-order chi connectivity index (χ1) is 11.7. The maximum atomic E-state index is 12.7. The summed E-state index contributed by atoms with van der Waals surface area (Å²) in [4.78, 5) is 7.92. The molecule has 25 heavy (non-hydrogen) atoms. The fourth-order valence-corrected chi connectivity index (χ4v) is 5.28. The van der Waals surface area contributed by atoms with E-state index in [1.165, 1.54) is 25.5 Å². The van der Waals surface area contributed by atoms with Gasteiger partial charge in [0.2, 0.25) is 5.95 Å². The van der Waals surface area contributed by atoms with Crippen LogP contribution >= 0.6 is 12.2 Å². The first-order valence-electron chi connectivity index (χ1n) is 8.47. The van der Waals surface area contributed by atoms with Crippen molar-refractivity contribution >= 4 is 39.1 Å². The average Bonchev–Trinajstić information content (AvgIpc) is 3.07. The predicted octanol–water partition coefficient (Wildman–Crippen LogP) is 1.22. The van der Waals surface area contributed by atoms with Crippen molar-refractivity contribution in [3.8, 4) is 0 Å². The van der Waals surface area contributed by atoms with E-state index in [2.05, 4.69) is 25.3 Å². The first-order valence-corrected chi connectivity index (χ1v) is 10.4. The van der Waals surface area contributed by atoms with E-state index in [1.54, 1.807) is 0 Å². The molecule has 3 rings (SSSR count). The largest absolute Gasteiger partial charge is 0.368 e. The number of thiocarbonyl (C=S) groups is 1. The molecule has 8 nitrogen and oxygen atoms in total. The Labute approximate surface area is 153 Å². The number of sulfonamides is 1. The fourth-order valence-electron chi connectivity index (χ4n) is 3.75. The van der Waals surface area contributed by atoms with Crippen molar-refractivity contribution in [1.82, 2.24) is 20.0 Å². The third-order valence-corrected chi connectivity index (χ3v) is 6.47. The van der Waals surface area contributed by atoms with Gasteiger partial charge in [-0.3, -0.25) is 4.72 Å². The van der Waals surface area contributed by atoms with Crippen LogP contribution in [0.1, 0.15) is 39.5 Å². The highest BCUT2D eigenvalue weighted by atomic mass is 32.2. The Balaban J connectivity index is 1.82. The number of rotatable bonds is 5. The summed E-state index contributed by atoms with van der Waals surface area (Å²) < 4.78 is 27.7. The molecule has 0 spiro atoms. The van der Waals surface area contributed by atoms with Crippen molar-refractivity contribution in [1.29, 1.82) is 0 Å². The molecule has 1 aromatic rings. The summed E-state index contributed by atoms with van der Waals surface area (Å²) in [5.74, 6) is 1.56. The number of anilines is 2. The highest BCUT2D eigenvalue weighted by molar-refractivity contribution is 7.92. The zero-order valence-electron chi connectivity index (χ0n) is 14.3. The number of nitrogens with zero attached hydrogens (tertiary/aromatic N) is 2. The van der Waals surface area contributed by atoms with Crippen LogP contribution in [0.2, 0.25) is 0 Å². The molecule has 0 aliphatic heterocycles. The molecule has 0 amide bonds. The lowest BCUT2D eigenvalue weighted by molar-refractivity contribution is 0.438. The summed E-state index contributed by atoms with van der Waals surface area (Å²) in [6, 6.07) is 0.243. The molecule has 3 unspecified atom stereocenters. The van der Waals surface area contributed by atoms with Gasteiger partial charge in [-0.1, -0.05) is 6.42 Å². The molecular formula is C15H24N6O2S2. The zero-order chi connectivity index (χ0) is 18.2. The van der Waals surface area contributed by atoms with E-state index in [1.807, 2.05) is 13.8 Å². The predicted molar refractivity (Wildman–Crippen MR) is 100 cm³/mol. The van der Waals surface area contributed by atoms with Gasteiger partial charge in [-0.2, -0.15) is 4.98 Å². The summed E-state index contributed by atoms with van der Waals surface area (Å²) in [7, 11) is -3.90. The zero-order valence-corrected chi connectivity index (χ0v) is 16.0. The van der Waals surface area contributed by atoms with E-state index in [0.29, 0.717) is 5.92 Å². The fraction of sp³-hybridized carbons (Fsp3) is 0.667. The van der Waals surface area contributed by atoms with Crippen LogP contribution in [0.15, 0.2) is 11.1 Å². The second-order valence-corrected chi connectivity index (χ2v) is 9.16. The number of nitrogens with two attached hydrogens (primary N) is 1. The SMILES string of the molecule is CC(C)NC(=S)NS(=O)(=O)c1cnc(N)nc1NC1CC2CCC1C2. The van der Waals surface area contributed by atoms with E-state index in [0.717, 1.165) is 12.3 Å². The minimum Gasteiger partial charge on any atom is -0.368 e. The summed E-state index contributed by atoms with van der Waals surface area (Å²) in [6.45, 7) is 3.74. The van der Waals surface area contributed by atoms with E-state index < -0.39 is 10.0 Å². The molecule has 2 bridgehead atoms. The van der Waals surface area contributed by atoms with Crippen molar-refractivity contribution in [2.24, 2.45) is 11.8 Å². The second kappa shape index (κ2) is 6.91. The van der Waals surface area contributed by atoms with E-state index in [9.17, 15) is 8.42 Å². The number of hydrogen-bond donors (Lipinski definition) is 4. The topological polar surface area (TPSA) is 122 Å². The molecule has 2 saturated carbocycles. The Bertz CT molecular complexity index is 767. The molecule has 10 heteroatoms. The molecule has 0 aromatic carbocycles. The molecule has 1 heterocycles. The molecule has 138 valence electrons. The number of nitrogen functional groups attached to an aromatic ring is 1. The van der Waals surface area contributed by atoms with Crippen LogP contribution < -0.4 is 21.1 Å². The monoisotopic (exact) mass is 384 g/mol. The standard InChI is InChI=1S/C15H24N6O2S2/c1-8(2)18-15(24)21-25(22,23)12-7-17-14(16)20-13(12)19-11-6-9-3-4-10(11)5-9/h7-11H,3-6H2,1-2H3,(H2,18,21,24)(H3,16,17,19,20). The minimum atomic E-state index is -3.90. The van der Waals surface area contributed by atoms with Gasteiger partial charge in [0, 0.05) is 12.1 Å². The van der Waals surface area contributed by atoms with Crippen LogP contribution in [0.5, 0.6) is 0 Å². The molecule has 0 saturated heterocycles. The molecule has 1 aromatic heterocycles. The Hall–Kier alpha value is -1.68. The minimum absolute atomic E-state index is 0.0181. The van der Waals surface area contributed by atoms with Gasteiger partial charge in [0.05, 0.1) is 6.20 Å². The van der Waals surface area contributed by atoms with Crippen molar-refractivity contribution in [2.45, 2.75) is 56.5 Å². The highest BCUT2D eigenvalue weighted by Gasteiger charge is 2.40. The number of nitrogens with one attached hydrogen (secondary N) is 3. The Morgan fingerprint density at radius 1 is 1.36 bits per heavy atom. The van der Waals surface area contributed by atoms with Crippen molar-refractivity contribution in [3.63, 3.8) is 0 Å². The van der Waals surface area contributed by atoms with Gasteiger partial charge in [-0.25, -0.2) is 13.4 Å². The number of aromatic nitrogens is 2. The van der Waals surface area contributed by atoms with Gasteiger partial charge < -0.3 is 16.4 Å². The summed E-state index contributed by atoms with van der Waals surface area (Å²) in [5.41, 5.74) is 5.67. The maximum absolute atomic E-state index is 12.7. The van der Waals surface area contributed by atoms with Crippen LogP contribution in [-0.2, 0) is 10.0 Å². The summed E-state index contributed by atoms with van der Waals surface area (Å²) >= 11 is 5.05. The quantitative estimate of drug-likeness (QED) is 0.559. The van der Waals surface area contributed by atoms with Crippen LogP contribution in [0, 0.1) is 11.8 Å². The van der Waals surface area contributed by atoms with Crippen molar-refractivity contribution < 1.29 is 8.42 Å². The van der Waals surface area contributed by atoms with Crippen LogP contribution in [0.3, 0.4) is 0 Å². The Morgan fingerprint density at radius 3 is 2.72 bits per heavy atom. The lowest BCUT2D eigenvalue weighted by Gasteiger charge is -2.24. The Kier molecular flexibility index (Phi) is 5.01. The molecule has 0 radical (unpaired) electrons. The normalized spacial score (nSPS) is 25.2. The van der Waals surface area contributed by atoms with E-state index >= 15 is 0 Å². The molecule has 2 aliphatic carbocycles. The maximum Gasteiger partial charge on any atom is 0.268 e. The Morgan fingerprint density at radius 2 is 2.12 bits per heavy atom.